The van der Waals surface area contributed by atoms with Gasteiger partial charge in [0.2, 0.25) is 3.79 Å². The number of rotatable bonds is 4. The highest BCUT2D eigenvalue weighted by atomic mass is 35.6. The molecule has 0 aliphatic heterocycles. The Labute approximate surface area is 120 Å². The molecule has 1 aromatic rings. The third-order valence-corrected chi connectivity index (χ3v) is 2.20. The minimum atomic E-state index is -1.64. The van der Waals surface area contributed by atoms with E-state index in [9.17, 15) is 4.79 Å². The molecule has 1 aromatic carbocycles. The van der Waals surface area contributed by atoms with Gasteiger partial charge in [-0.2, -0.15) is 0 Å². The van der Waals surface area contributed by atoms with E-state index < -0.39 is 9.95 Å². The number of carbonyl (C=O) groups excluding carboxylic acids is 1. The largest absolute Gasteiger partial charge is 0.508 e. The molecule has 0 heterocycles. The summed E-state index contributed by atoms with van der Waals surface area (Å²) in [6.07, 6.45) is -0.892. The number of carbonyl (C=O) groups is 1. The predicted molar refractivity (Wildman–Crippen MR) is 69.4 cm³/mol. The first-order valence-electron chi connectivity index (χ1n) is 4.90. The predicted octanol–water partition coefficient (Wildman–Crippen LogP) is 3.72. The molecule has 0 fully saturated rings. The Morgan fingerprint density at radius 3 is 2.28 bits per heavy atom. The zero-order valence-corrected chi connectivity index (χ0v) is 11.8. The summed E-state index contributed by atoms with van der Waals surface area (Å²) in [5.74, 6) is 0.720. The fraction of sp³-hybridized carbons (Fsp3) is 0.364. The van der Waals surface area contributed by atoms with Crippen LogP contribution in [0.5, 0.6) is 5.75 Å². The van der Waals surface area contributed by atoms with Gasteiger partial charge in [-0.25, -0.2) is 4.79 Å². The summed E-state index contributed by atoms with van der Waals surface area (Å²) in [5.41, 5.74) is 0.793. The maximum absolute atomic E-state index is 11.1. The summed E-state index contributed by atoms with van der Waals surface area (Å²) in [4.78, 5) is 11.1. The van der Waals surface area contributed by atoms with E-state index in [-0.39, 0.29) is 13.2 Å². The fourth-order valence-electron chi connectivity index (χ4n) is 1.05. The zero-order chi connectivity index (χ0) is 13.6. The molecule has 0 unspecified atom stereocenters. The Bertz CT molecular complexity index is 386. The molecule has 4 nitrogen and oxygen atoms in total. The van der Waals surface area contributed by atoms with Gasteiger partial charge in [-0.15, -0.1) is 0 Å². The summed E-state index contributed by atoms with van der Waals surface area (Å²) in [6.45, 7) is -0.290. The van der Waals surface area contributed by atoms with Gasteiger partial charge < -0.3 is 14.2 Å². The summed E-state index contributed by atoms with van der Waals surface area (Å²) in [6, 6.07) is 7.04. The summed E-state index contributed by atoms with van der Waals surface area (Å²) in [7, 11) is 1.57. The van der Waals surface area contributed by atoms with E-state index >= 15 is 0 Å². The van der Waals surface area contributed by atoms with Crippen molar-refractivity contribution in [3.8, 4) is 5.75 Å². The van der Waals surface area contributed by atoms with E-state index in [0.717, 1.165) is 11.3 Å². The van der Waals surface area contributed by atoms with E-state index in [1.165, 1.54) is 0 Å². The van der Waals surface area contributed by atoms with Crippen LogP contribution in [-0.4, -0.2) is 23.7 Å². The summed E-state index contributed by atoms with van der Waals surface area (Å²) in [5, 5.41) is 0. The third-order valence-electron chi connectivity index (χ3n) is 1.87. The molecule has 0 aliphatic carbocycles. The molecule has 100 valence electrons. The molecule has 7 heteroatoms. The average molecular weight is 314 g/mol. The number of ether oxygens (including phenoxy) is 3. The molecule has 18 heavy (non-hydrogen) atoms. The maximum Gasteiger partial charge on any atom is 0.508 e. The maximum atomic E-state index is 11.1. The van der Waals surface area contributed by atoms with Crippen LogP contribution in [0, 0.1) is 0 Å². The van der Waals surface area contributed by atoms with Crippen molar-refractivity contribution in [1.29, 1.82) is 0 Å². The molecule has 1 rings (SSSR count). The lowest BCUT2D eigenvalue weighted by Gasteiger charge is -2.11. The second kappa shape index (κ2) is 6.92. The summed E-state index contributed by atoms with van der Waals surface area (Å²) >= 11 is 16.2. The lowest BCUT2D eigenvalue weighted by molar-refractivity contribution is 0.0512. The fourth-order valence-corrected chi connectivity index (χ4v) is 1.21. The lowest BCUT2D eigenvalue weighted by Crippen LogP contribution is -2.17. The van der Waals surface area contributed by atoms with Crippen LogP contribution in [0.25, 0.3) is 0 Å². The van der Waals surface area contributed by atoms with Crippen molar-refractivity contribution in [2.45, 2.75) is 10.4 Å². The van der Waals surface area contributed by atoms with E-state index in [4.69, 9.17) is 44.3 Å². The van der Waals surface area contributed by atoms with Crippen LogP contribution >= 0.6 is 34.8 Å². The van der Waals surface area contributed by atoms with E-state index in [2.05, 4.69) is 4.74 Å². The highest BCUT2D eigenvalue weighted by Gasteiger charge is 2.22. The number of hydrogen-bond donors (Lipinski definition) is 0. The number of hydrogen-bond acceptors (Lipinski definition) is 4. The smallest absolute Gasteiger partial charge is 0.497 e. The van der Waals surface area contributed by atoms with Gasteiger partial charge in [0.15, 0.2) is 0 Å². The molecule has 0 aliphatic rings. The molecule has 0 saturated carbocycles. The molecule has 0 saturated heterocycles. The van der Waals surface area contributed by atoms with Crippen LogP contribution in [0.1, 0.15) is 5.56 Å². The minimum Gasteiger partial charge on any atom is -0.497 e. The number of methoxy groups -OCH3 is 1. The van der Waals surface area contributed by atoms with Gasteiger partial charge in [0.1, 0.15) is 19.0 Å². The van der Waals surface area contributed by atoms with Gasteiger partial charge in [-0.05, 0) is 17.7 Å². The lowest BCUT2D eigenvalue weighted by atomic mass is 10.2. The molecule has 0 bridgehead atoms. The Hall–Kier alpha value is -0.840. The number of benzene rings is 1. The normalized spacial score (nSPS) is 10.9. The summed E-state index contributed by atoms with van der Waals surface area (Å²) < 4.78 is 12.8. The van der Waals surface area contributed by atoms with Crippen LogP contribution in [0.15, 0.2) is 24.3 Å². The highest BCUT2D eigenvalue weighted by molar-refractivity contribution is 6.67. The monoisotopic (exact) mass is 312 g/mol. The topological polar surface area (TPSA) is 44.8 Å². The minimum absolute atomic E-state index is 0.0721. The van der Waals surface area contributed by atoms with Crippen molar-refractivity contribution < 1.29 is 19.0 Å². The van der Waals surface area contributed by atoms with Crippen molar-refractivity contribution in [3.63, 3.8) is 0 Å². The first kappa shape index (κ1) is 15.2. The number of alkyl halides is 3. The van der Waals surface area contributed by atoms with Crippen molar-refractivity contribution in [1.82, 2.24) is 0 Å². The van der Waals surface area contributed by atoms with Crippen molar-refractivity contribution in [2.75, 3.05) is 13.7 Å². The van der Waals surface area contributed by atoms with Gasteiger partial charge in [-0.3, -0.25) is 0 Å². The first-order chi connectivity index (χ1) is 8.40. The quantitative estimate of drug-likeness (QED) is 0.628. The van der Waals surface area contributed by atoms with Crippen LogP contribution in [0.3, 0.4) is 0 Å². The molecular weight excluding hydrogens is 302 g/mol. The average Bonchev–Trinajstić information content (AvgIpc) is 2.33. The zero-order valence-electron chi connectivity index (χ0n) is 9.49. The van der Waals surface area contributed by atoms with Crippen LogP contribution in [0.2, 0.25) is 0 Å². The highest BCUT2D eigenvalue weighted by Crippen LogP contribution is 2.26. The Balaban J connectivity index is 2.33. The van der Waals surface area contributed by atoms with Crippen molar-refractivity contribution in [2.24, 2.45) is 0 Å². The van der Waals surface area contributed by atoms with E-state index in [1.807, 2.05) is 0 Å². The molecule has 0 spiro atoms. The second-order valence-electron chi connectivity index (χ2n) is 3.29. The van der Waals surface area contributed by atoms with Gasteiger partial charge in [0, 0.05) is 0 Å². The molecule has 0 aromatic heterocycles. The van der Waals surface area contributed by atoms with Crippen LogP contribution in [0.4, 0.5) is 4.79 Å². The van der Waals surface area contributed by atoms with Crippen LogP contribution < -0.4 is 4.74 Å². The van der Waals surface area contributed by atoms with Gasteiger partial charge >= 0.3 is 6.16 Å². The van der Waals surface area contributed by atoms with Gasteiger partial charge in [-0.1, -0.05) is 46.9 Å². The molecule has 0 atom stereocenters. The molecule has 0 N–H and O–H groups in total. The third kappa shape index (κ3) is 6.19. The van der Waals surface area contributed by atoms with Crippen molar-refractivity contribution in [3.05, 3.63) is 29.8 Å². The SMILES string of the molecule is COc1ccc(COC(=O)OCC(Cl)(Cl)Cl)cc1. The van der Waals surface area contributed by atoms with Crippen molar-refractivity contribution >= 4 is 41.0 Å². The Kier molecular flexibility index (Phi) is 5.85. The molecule has 0 amide bonds. The number of halogens is 3. The van der Waals surface area contributed by atoms with Crippen LogP contribution in [-0.2, 0) is 16.1 Å². The van der Waals surface area contributed by atoms with E-state index in [1.54, 1.807) is 31.4 Å². The Morgan fingerprint density at radius 2 is 1.78 bits per heavy atom. The second-order valence-corrected chi connectivity index (χ2v) is 5.81. The Morgan fingerprint density at radius 1 is 1.17 bits per heavy atom. The molecular formula is C11H11Cl3O4. The standard InChI is InChI=1S/C11H11Cl3O4/c1-16-9-4-2-8(3-5-9)6-17-10(15)18-7-11(12,13)14/h2-5H,6-7H2,1H3. The van der Waals surface area contributed by atoms with Gasteiger partial charge in [0.25, 0.3) is 0 Å². The molecule has 0 radical (unpaired) electrons. The first-order valence-corrected chi connectivity index (χ1v) is 6.03. The van der Waals surface area contributed by atoms with E-state index in [0.29, 0.717) is 0 Å². The van der Waals surface area contributed by atoms with Gasteiger partial charge in [0.05, 0.1) is 7.11 Å².